The zero-order valence-electron chi connectivity index (χ0n) is 51.6. The molecule has 1 aromatic rings. The van der Waals surface area contributed by atoms with Crippen LogP contribution in [0.2, 0.25) is 0 Å². The number of carbonyl (C=O) groups excluding carboxylic acids is 4. The molecule has 3 fully saturated rings. The van der Waals surface area contributed by atoms with Crippen LogP contribution in [-0.4, -0.2) is 210 Å². The molecule has 22 nitrogen and oxygen atoms in total. The van der Waals surface area contributed by atoms with E-state index in [0.29, 0.717) is 24.9 Å². The summed E-state index contributed by atoms with van der Waals surface area (Å²) in [5, 5.41) is 117. The summed E-state index contributed by atoms with van der Waals surface area (Å²) in [6.45, 7) is 6.51. The number of ether oxygens (including phenoxy) is 4. The maximum Gasteiger partial charge on any atom is 0.308 e. The predicted octanol–water partition coefficient (Wildman–Crippen LogP) is 3.26. The Hall–Kier alpha value is -5.12. The van der Waals surface area contributed by atoms with Gasteiger partial charge in [-0.3, -0.25) is 19.2 Å². The Balaban J connectivity index is 1.35. The fraction of sp³-hybridized carbons (Fsp3) is 0.636. The van der Waals surface area contributed by atoms with Crippen LogP contribution in [-0.2, 0) is 33.3 Å². The normalized spacial score (nSPS) is 37.6. The summed E-state index contributed by atoms with van der Waals surface area (Å²) in [4.78, 5) is 55.8. The van der Waals surface area contributed by atoms with Gasteiger partial charge in [0.1, 0.15) is 18.0 Å². The van der Waals surface area contributed by atoms with Gasteiger partial charge in [0.25, 0.3) is 0 Å². The quantitative estimate of drug-likeness (QED) is 0.0939. The molecule has 22 heteroatoms. The number of amides is 1. The summed E-state index contributed by atoms with van der Waals surface area (Å²) in [7, 11) is 3.79. The molecule has 4 heterocycles. The number of nitrogens with one attached hydrogen (secondary N) is 2. The molecule has 492 valence electrons. The maximum atomic E-state index is 14.1. The van der Waals surface area contributed by atoms with E-state index in [1.165, 1.54) is 0 Å². The molecule has 88 heavy (non-hydrogen) atoms. The number of likely N-dealkylation sites (tertiary alicyclic amines) is 1. The highest BCUT2D eigenvalue weighted by molar-refractivity contribution is 5.96. The van der Waals surface area contributed by atoms with Crippen molar-refractivity contribution in [2.45, 2.75) is 221 Å². The van der Waals surface area contributed by atoms with Gasteiger partial charge in [-0.05, 0) is 102 Å². The lowest BCUT2D eigenvalue weighted by Crippen LogP contribution is -2.62. The zero-order valence-corrected chi connectivity index (χ0v) is 51.6. The Morgan fingerprint density at radius 2 is 1.35 bits per heavy atom. The van der Waals surface area contributed by atoms with E-state index in [0.717, 1.165) is 25.1 Å². The Bertz CT molecular complexity index is 2520. The third-order valence-electron chi connectivity index (χ3n) is 16.8. The van der Waals surface area contributed by atoms with Crippen molar-refractivity contribution in [1.29, 1.82) is 0 Å². The number of cyclic esters (lactones) is 1. The van der Waals surface area contributed by atoms with Crippen LogP contribution in [0, 0.1) is 17.8 Å². The molecule has 5 rings (SSSR count). The number of nitrogens with two attached hydrogens (primary N) is 1. The number of anilines is 1. The number of carbonyl (C=O) groups is 4. The van der Waals surface area contributed by atoms with Crippen LogP contribution in [0.25, 0.3) is 0 Å². The molecule has 1 amide bonds. The lowest BCUT2D eigenvalue weighted by molar-refractivity contribution is -0.307. The number of ketones is 2. The number of hydrogen-bond acceptors (Lipinski definition) is 21. The van der Waals surface area contributed by atoms with Crippen molar-refractivity contribution in [2.75, 3.05) is 32.5 Å². The molecule has 15 unspecified atom stereocenters. The first-order valence-corrected chi connectivity index (χ1v) is 31.1. The first kappa shape index (κ1) is 73.6. The summed E-state index contributed by atoms with van der Waals surface area (Å²) in [5.41, 5.74) is 7.48. The standard InChI is InChI=1S/C66H100N4O18/c1-41-19-16-14-12-10-8-6-7-9-11-13-15-17-21-54(86-65-62(82)60(67)61(81)43(3)85-65)38-57-59(64(83)69-29-28-46-20-18-30-70(46)5)56(79)40-66(84,88-57)39-53(77)35-51(75)33-49(73)31-48(72)32-50(74)34-52(76)37-58(80)87-63(41)42(2)22-27-47(71)36-55(78)44-23-25-45(68-4)26-24-44/h6-17,19,21,23-26,41-43,46-49,51-54,56-57,59-63,65,68,71-73,75-77,79,81-82,84H,18,20,22,27-40,67H2,1-5H3,(H,69,83)/b7-6+,10-8+,11-9+,14-12+,15-13+,19-16+,21-17+/t41?,42?,43-,46?,47?,48?,49?,51?,52?,53?,54?,56?,57?,59?,60+,61-,62+,63?,65+,66?/m1/s1. The van der Waals surface area contributed by atoms with Crippen molar-refractivity contribution in [2.24, 2.45) is 23.5 Å². The van der Waals surface area contributed by atoms with Crippen molar-refractivity contribution >= 4 is 29.1 Å². The van der Waals surface area contributed by atoms with E-state index in [2.05, 4.69) is 15.5 Å². The number of fused-ring (bicyclic) bond motifs is 2. The Kier molecular flexibility index (Phi) is 31.2. The average Bonchev–Trinajstić information content (AvgIpc) is 1.15. The van der Waals surface area contributed by atoms with E-state index >= 15 is 0 Å². The molecule has 1 aromatic carbocycles. The smallest absolute Gasteiger partial charge is 0.308 e. The van der Waals surface area contributed by atoms with Crippen LogP contribution in [0.1, 0.15) is 127 Å². The summed E-state index contributed by atoms with van der Waals surface area (Å²) in [5.74, 6) is -6.39. The molecule has 4 aliphatic rings. The van der Waals surface area contributed by atoms with Gasteiger partial charge >= 0.3 is 5.97 Å². The topological polar surface area (TPSA) is 361 Å². The van der Waals surface area contributed by atoms with Crippen molar-refractivity contribution in [3.05, 3.63) is 115 Å². The largest absolute Gasteiger partial charge is 0.461 e. The highest BCUT2D eigenvalue weighted by Gasteiger charge is 2.51. The molecule has 2 bridgehead atoms. The molecule has 3 saturated heterocycles. The molecule has 14 N–H and O–H groups in total. The maximum absolute atomic E-state index is 14.1. The summed E-state index contributed by atoms with van der Waals surface area (Å²) in [6, 6.07) is 6.04. The minimum Gasteiger partial charge on any atom is -0.461 e. The van der Waals surface area contributed by atoms with E-state index in [9.17, 15) is 70.2 Å². The summed E-state index contributed by atoms with van der Waals surface area (Å²) in [6.07, 6.45) is 6.19. The van der Waals surface area contributed by atoms with Crippen molar-refractivity contribution in [3.8, 4) is 0 Å². The van der Waals surface area contributed by atoms with Crippen LogP contribution < -0.4 is 16.4 Å². The van der Waals surface area contributed by atoms with Crippen LogP contribution in [0.4, 0.5) is 5.69 Å². The van der Waals surface area contributed by atoms with Gasteiger partial charge in [0.15, 0.2) is 17.9 Å². The number of esters is 1. The minimum absolute atomic E-state index is 0.102. The van der Waals surface area contributed by atoms with Crippen LogP contribution in [0.15, 0.2) is 109 Å². The van der Waals surface area contributed by atoms with E-state index in [-0.39, 0.29) is 55.8 Å². The van der Waals surface area contributed by atoms with Crippen molar-refractivity contribution in [1.82, 2.24) is 10.2 Å². The number of aliphatic hydroxyl groups excluding tert-OH is 9. The highest BCUT2D eigenvalue weighted by Crippen LogP contribution is 2.38. The van der Waals surface area contributed by atoms with E-state index in [1.54, 1.807) is 99.0 Å². The van der Waals surface area contributed by atoms with Gasteiger partial charge < -0.3 is 91.3 Å². The second kappa shape index (κ2) is 37.3. The van der Waals surface area contributed by atoms with Gasteiger partial charge in [-0.2, -0.15) is 0 Å². The zero-order chi connectivity index (χ0) is 64.5. The monoisotopic (exact) mass is 1240 g/mol. The lowest BCUT2D eigenvalue weighted by atomic mass is 9.82. The molecule has 0 aromatic heterocycles. The van der Waals surface area contributed by atoms with Gasteiger partial charge in [-0.25, -0.2) is 0 Å². The summed E-state index contributed by atoms with van der Waals surface area (Å²) < 4.78 is 24.4. The molecule has 4 aliphatic heterocycles. The highest BCUT2D eigenvalue weighted by atomic mass is 16.7. The molecule has 0 spiro atoms. The number of benzene rings is 1. The number of nitrogens with zero attached hydrogens (tertiary/aromatic N) is 1. The van der Waals surface area contributed by atoms with Gasteiger partial charge in [0.2, 0.25) is 5.91 Å². The Morgan fingerprint density at radius 3 is 1.97 bits per heavy atom. The third-order valence-corrected chi connectivity index (χ3v) is 16.8. The molecule has 20 atom stereocenters. The Labute approximate surface area is 518 Å². The molecular formula is C66H100N4O18. The first-order valence-electron chi connectivity index (χ1n) is 31.1. The van der Waals surface area contributed by atoms with Gasteiger partial charge in [0.05, 0.1) is 85.5 Å². The van der Waals surface area contributed by atoms with Crippen LogP contribution >= 0.6 is 0 Å². The Morgan fingerprint density at radius 1 is 0.761 bits per heavy atom. The molecule has 0 radical (unpaired) electrons. The molecular weight excluding hydrogens is 1140 g/mol. The minimum atomic E-state index is -2.28. The molecule has 0 aliphatic carbocycles. The molecule has 0 saturated carbocycles. The predicted molar refractivity (Wildman–Crippen MR) is 331 cm³/mol. The third kappa shape index (κ3) is 24.9. The SMILES string of the molecule is CNc1ccc(C(=O)CC(O)CCC(C)C2OC(=O)CC(O)CC(=O)CC(O)CC(O)CC(O)CC(O)CC3(O)CC(O)C(C(=O)NCCC4CCCN4C)C(CC(O[C@@H]4O[C@H](C)[C@@H](O)[C@H](N)[C@@H]4O)/C=C/C=C/C=C/C=C/C=C/C=C/C=C/C2C)O3)cc1. The van der Waals surface area contributed by atoms with Gasteiger partial charge in [0, 0.05) is 75.3 Å². The lowest BCUT2D eigenvalue weighted by Gasteiger charge is -2.46. The second-order valence-corrected chi connectivity index (χ2v) is 24.4. The van der Waals surface area contributed by atoms with E-state index in [1.807, 2.05) is 45.2 Å². The number of allylic oxidation sites excluding steroid dienone is 12. The van der Waals surface area contributed by atoms with Gasteiger partial charge in [-0.1, -0.05) is 98.9 Å². The van der Waals surface area contributed by atoms with Gasteiger partial charge in [-0.15, -0.1) is 0 Å². The van der Waals surface area contributed by atoms with Crippen LogP contribution in [0.3, 0.4) is 0 Å². The fourth-order valence-electron chi connectivity index (χ4n) is 11.9. The second-order valence-electron chi connectivity index (χ2n) is 24.4. The van der Waals surface area contributed by atoms with Crippen molar-refractivity contribution in [3.63, 3.8) is 0 Å². The number of hydrogen-bond donors (Lipinski definition) is 13. The fourth-order valence-corrected chi connectivity index (χ4v) is 11.9. The average molecular weight is 1240 g/mol. The van der Waals surface area contributed by atoms with Crippen molar-refractivity contribution < 1.29 is 89.2 Å². The number of aliphatic hydroxyl groups is 10. The number of Topliss-reactive ketones (excluding diaryl/α,β-unsaturated/α-hetero) is 2. The van der Waals surface area contributed by atoms with E-state index < -0.39 is 160 Å². The summed E-state index contributed by atoms with van der Waals surface area (Å²) >= 11 is 0. The number of rotatable bonds is 14. The first-order chi connectivity index (χ1) is 41.8. The van der Waals surface area contributed by atoms with E-state index in [4.69, 9.17) is 24.7 Å². The van der Waals surface area contributed by atoms with Crippen LogP contribution in [0.5, 0.6) is 0 Å².